The van der Waals surface area contributed by atoms with Crippen molar-refractivity contribution in [2.45, 2.75) is 49.8 Å². The topological polar surface area (TPSA) is 69.7 Å². The second kappa shape index (κ2) is 8.74. The van der Waals surface area contributed by atoms with Gasteiger partial charge < -0.3 is 4.90 Å². The standard InChI is InChI=1S/C23H27ClFN3O3S/c1-16(2)21-22(29)28(15-17-3-7-19(25)8-4-17)23(26-21)11-13-27(14-12-23)32(30,31)20-9-5-18(24)6-10-20/h3-10,16,21,26H,11-15H2,1-2H3/t21-/m1/s1. The molecule has 2 saturated heterocycles. The number of carbonyl (C=O) groups excluding carboxylic acids is 1. The summed E-state index contributed by atoms with van der Waals surface area (Å²) in [5.41, 5.74) is 0.202. The molecule has 2 aromatic rings. The maximum atomic E-state index is 13.3. The van der Waals surface area contributed by atoms with Crippen LogP contribution in [0.25, 0.3) is 0 Å². The minimum absolute atomic E-state index is 0.00154. The number of hydrogen-bond acceptors (Lipinski definition) is 4. The highest BCUT2D eigenvalue weighted by atomic mass is 35.5. The molecule has 0 aromatic heterocycles. The number of nitrogens with one attached hydrogen (secondary N) is 1. The average Bonchev–Trinajstić information content (AvgIpc) is 3.02. The van der Waals surface area contributed by atoms with Crippen molar-refractivity contribution in [3.05, 3.63) is 64.9 Å². The van der Waals surface area contributed by atoms with Gasteiger partial charge in [0.1, 0.15) is 5.82 Å². The van der Waals surface area contributed by atoms with Gasteiger partial charge in [0.2, 0.25) is 15.9 Å². The first-order valence-electron chi connectivity index (χ1n) is 10.7. The highest BCUT2D eigenvalue weighted by Crippen LogP contribution is 2.37. The van der Waals surface area contributed by atoms with E-state index >= 15 is 0 Å². The summed E-state index contributed by atoms with van der Waals surface area (Å²) in [4.78, 5) is 15.3. The van der Waals surface area contributed by atoms with Crippen LogP contribution in [0.15, 0.2) is 53.4 Å². The van der Waals surface area contributed by atoms with Gasteiger partial charge in [-0.1, -0.05) is 37.6 Å². The van der Waals surface area contributed by atoms with Gasteiger partial charge in [0, 0.05) is 24.7 Å². The fraction of sp³-hybridized carbons (Fsp3) is 0.435. The van der Waals surface area contributed by atoms with Crippen molar-refractivity contribution in [2.24, 2.45) is 5.92 Å². The van der Waals surface area contributed by atoms with Crippen LogP contribution in [0.3, 0.4) is 0 Å². The van der Waals surface area contributed by atoms with Crippen LogP contribution in [0.2, 0.25) is 5.02 Å². The fourth-order valence-electron chi connectivity index (χ4n) is 4.53. The van der Waals surface area contributed by atoms with Gasteiger partial charge in [-0.25, -0.2) is 12.8 Å². The summed E-state index contributed by atoms with van der Waals surface area (Å²) in [6.07, 6.45) is 0.936. The first-order chi connectivity index (χ1) is 15.1. The van der Waals surface area contributed by atoms with Crippen LogP contribution in [-0.2, 0) is 21.4 Å². The number of nitrogens with zero attached hydrogens (tertiary/aromatic N) is 2. The third-order valence-corrected chi connectivity index (χ3v) is 8.56. The molecule has 4 rings (SSSR count). The molecule has 172 valence electrons. The average molecular weight is 480 g/mol. The molecule has 2 aliphatic rings. The molecule has 1 amide bonds. The Labute approximate surface area is 193 Å². The van der Waals surface area contributed by atoms with Gasteiger partial charge in [-0.2, -0.15) is 4.31 Å². The van der Waals surface area contributed by atoms with Crippen LogP contribution >= 0.6 is 11.6 Å². The second-order valence-electron chi connectivity index (χ2n) is 8.81. The Kier molecular flexibility index (Phi) is 6.33. The predicted octanol–water partition coefficient (Wildman–Crippen LogP) is 3.62. The Hall–Kier alpha value is -2.00. The van der Waals surface area contributed by atoms with E-state index in [0.29, 0.717) is 24.4 Å². The minimum Gasteiger partial charge on any atom is -0.319 e. The van der Waals surface area contributed by atoms with E-state index in [4.69, 9.17) is 11.6 Å². The van der Waals surface area contributed by atoms with Gasteiger partial charge >= 0.3 is 0 Å². The van der Waals surface area contributed by atoms with Crippen molar-refractivity contribution in [2.75, 3.05) is 13.1 Å². The van der Waals surface area contributed by atoms with Crippen LogP contribution in [0.1, 0.15) is 32.3 Å². The van der Waals surface area contributed by atoms with Crippen molar-refractivity contribution in [1.29, 1.82) is 0 Å². The molecular formula is C23H27ClFN3O3S. The van der Waals surface area contributed by atoms with Crippen LogP contribution in [0.4, 0.5) is 4.39 Å². The lowest BCUT2D eigenvalue weighted by atomic mass is 9.96. The smallest absolute Gasteiger partial charge is 0.243 e. The molecule has 6 nitrogen and oxygen atoms in total. The fourth-order valence-corrected chi connectivity index (χ4v) is 6.10. The lowest BCUT2D eigenvalue weighted by molar-refractivity contribution is -0.134. The summed E-state index contributed by atoms with van der Waals surface area (Å²) >= 11 is 5.90. The van der Waals surface area contributed by atoms with Crippen molar-refractivity contribution in [3.63, 3.8) is 0 Å². The number of piperidine rings is 1. The van der Waals surface area contributed by atoms with E-state index in [1.807, 2.05) is 18.7 Å². The van der Waals surface area contributed by atoms with Crippen molar-refractivity contribution < 1.29 is 17.6 Å². The molecule has 0 aliphatic carbocycles. The SMILES string of the molecule is CC(C)[C@H]1NC2(CCN(S(=O)(=O)c3ccc(Cl)cc3)CC2)N(Cc2ccc(F)cc2)C1=O. The van der Waals surface area contributed by atoms with E-state index in [9.17, 15) is 17.6 Å². The van der Waals surface area contributed by atoms with E-state index in [2.05, 4.69) is 5.32 Å². The Bertz CT molecular complexity index is 1080. The first kappa shape index (κ1) is 23.2. The molecule has 1 N–H and O–H groups in total. The molecule has 2 aromatic carbocycles. The molecule has 1 atom stereocenters. The third-order valence-electron chi connectivity index (χ3n) is 6.39. The van der Waals surface area contributed by atoms with Gasteiger partial charge in [-0.05, 0) is 60.7 Å². The summed E-state index contributed by atoms with van der Waals surface area (Å²) in [6.45, 7) is 4.90. The molecule has 2 heterocycles. The Morgan fingerprint density at radius 2 is 1.69 bits per heavy atom. The monoisotopic (exact) mass is 479 g/mol. The number of rotatable bonds is 5. The molecule has 0 bridgehead atoms. The van der Waals surface area contributed by atoms with E-state index < -0.39 is 15.7 Å². The van der Waals surface area contributed by atoms with Gasteiger partial charge in [0.25, 0.3) is 0 Å². The Morgan fingerprint density at radius 3 is 2.25 bits per heavy atom. The summed E-state index contributed by atoms with van der Waals surface area (Å²) in [7, 11) is -3.65. The first-order valence-corrected chi connectivity index (χ1v) is 12.5. The number of sulfonamides is 1. The zero-order valence-corrected chi connectivity index (χ0v) is 19.7. The maximum absolute atomic E-state index is 13.3. The van der Waals surface area contributed by atoms with Crippen LogP contribution in [0.5, 0.6) is 0 Å². The normalized spacial score (nSPS) is 21.6. The molecule has 0 radical (unpaired) electrons. The summed E-state index contributed by atoms with van der Waals surface area (Å²) in [6, 6.07) is 11.9. The quantitative estimate of drug-likeness (QED) is 0.711. The van der Waals surface area contributed by atoms with Gasteiger partial charge in [-0.3, -0.25) is 10.1 Å². The Balaban J connectivity index is 1.56. The lowest BCUT2D eigenvalue weighted by Gasteiger charge is -2.44. The van der Waals surface area contributed by atoms with Crippen LogP contribution in [0, 0.1) is 11.7 Å². The van der Waals surface area contributed by atoms with Crippen molar-refractivity contribution >= 4 is 27.5 Å². The summed E-state index contributed by atoms with van der Waals surface area (Å²) < 4.78 is 41.0. The number of carbonyl (C=O) groups is 1. The van der Waals surface area contributed by atoms with E-state index in [1.165, 1.54) is 28.6 Å². The molecule has 2 fully saturated rings. The number of amides is 1. The van der Waals surface area contributed by atoms with E-state index in [0.717, 1.165) is 5.56 Å². The molecule has 0 saturated carbocycles. The predicted molar refractivity (Wildman–Crippen MR) is 121 cm³/mol. The highest BCUT2D eigenvalue weighted by Gasteiger charge is 2.53. The highest BCUT2D eigenvalue weighted by molar-refractivity contribution is 7.89. The maximum Gasteiger partial charge on any atom is 0.243 e. The largest absolute Gasteiger partial charge is 0.319 e. The number of halogens is 2. The number of benzene rings is 2. The van der Waals surface area contributed by atoms with Crippen LogP contribution < -0.4 is 5.32 Å². The molecular weight excluding hydrogens is 453 g/mol. The van der Waals surface area contributed by atoms with E-state index in [-0.39, 0.29) is 41.7 Å². The minimum atomic E-state index is -3.65. The van der Waals surface area contributed by atoms with Crippen molar-refractivity contribution in [1.82, 2.24) is 14.5 Å². The summed E-state index contributed by atoms with van der Waals surface area (Å²) in [5.74, 6) is -0.234. The second-order valence-corrected chi connectivity index (χ2v) is 11.2. The third kappa shape index (κ3) is 4.29. The summed E-state index contributed by atoms with van der Waals surface area (Å²) in [5, 5.41) is 4.00. The molecule has 1 spiro atoms. The molecule has 2 aliphatic heterocycles. The zero-order chi connectivity index (χ0) is 23.1. The molecule has 0 unspecified atom stereocenters. The van der Waals surface area contributed by atoms with E-state index in [1.54, 1.807) is 24.3 Å². The Morgan fingerprint density at radius 1 is 1.09 bits per heavy atom. The van der Waals surface area contributed by atoms with Gasteiger partial charge in [0.15, 0.2) is 0 Å². The zero-order valence-electron chi connectivity index (χ0n) is 18.1. The lowest BCUT2D eigenvalue weighted by Crippen LogP contribution is -2.59. The van der Waals surface area contributed by atoms with Gasteiger partial charge in [-0.15, -0.1) is 0 Å². The van der Waals surface area contributed by atoms with Crippen molar-refractivity contribution in [3.8, 4) is 0 Å². The molecule has 32 heavy (non-hydrogen) atoms. The molecule has 9 heteroatoms. The van der Waals surface area contributed by atoms with Gasteiger partial charge in [0.05, 0.1) is 16.6 Å². The number of hydrogen-bond donors (Lipinski definition) is 1. The van der Waals surface area contributed by atoms with Crippen LogP contribution in [-0.4, -0.2) is 48.3 Å².